The van der Waals surface area contributed by atoms with E-state index < -0.39 is 6.23 Å². The summed E-state index contributed by atoms with van der Waals surface area (Å²) in [6.45, 7) is 0.248. The van der Waals surface area contributed by atoms with Crippen LogP contribution in [0, 0.1) is 0 Å². The highest BCUT2D eigenvalue weighted by Crippen LogP contribution is 2.49. The number of rotatable bonds is 2. The normalized spacial score (nSPS) is 21.0. The molecule has 2 atom stereocenters. The minimum atomic E-state index is -0.443. The van der Waals surface area contributed by atoms with Gasteiger partial charge in [-0.25, -0.2) is 5.01 Å². The topological polar surface area (TPSA) is 43.3 Å². The highest BCUT2D eigenvalue weighted by molar-refractivity contribution is 6.35. The minimum absolute atomic E-state index is 0.0483. The molecule has 3 aromatic carbocycles. The lowest BCUT2D eigenvalue weighted by molar-refractivity contribution is -0.0189. The monoisotopic (exact) mass is 438 g/mol. The molecule has 0 unspecified atom stereocenters. The van der Waals surface area contributed by atoms with Crippen LogP contribution >= 0.6 is 23.2 Å². The maximum absolute atomic E-state index is 6.53. The van der Waals surface area contributed by atoms with E-state index in [9.17, 15) is 0 Å². The van der Waals surface area contributed by atoms with Gasteiger partial charge in [0.2, 0.25) is 13.0 Å². The molecular formula is C23H16Cl2N2O3. The fraction of sp³-hybridized carbons (Fsp3) is 0.174. The Morgan fingerprint density at radius 3 is 2.63 bits per heavy atom. The van der Waals surface area contributed by atoms with Crippen LogP contribution in [-0.2, 0) is 0 Å². The van der Waals surface area contributed by atoms with E-state index >= 15 is 0 Å². The molecule has 3 aliphatic rings. The summed E-state index contributed by atoms with van der Waals surface area (Å²) >= 11 is 12.6. The molecule has 0 aliphatic carbocycles. The van der Waals surface area contributed by atoms with Crippen molar-refractivity contribution in [3.63, 3.8) is 0 Å². The van der Waals surface area contributed by atoms with Gasteiger partial charge < -0.3 is 14.2 Å². The summed E-state index contributed by atoms with van der Waals surface area (Å²) < 4.78 is 17.3. The van der Waals surface area contributed by atoms with E-state index in [1.807, 2.05) is 53.5 Å². The Kier molecular flexibility index (Phi) is 4.08. The third-order valence-electron chi connectivity index (χ3n) is 5.63. The second-order valence-corrected chi connectivity index (χ2v) is 8.23. The first-order valence-electron chi connectivity index (χ1n) is 9.64. The quantitative estimate of drug-likeness (QED) is 0.494. The molecule has 0 amide bonds. The van der Waals surface area contributed by atoms with Gasteiger partial charge >= 0.3 is 0 Å². The van der Waals surface area contributed by atoms with Crippen molar-refractivity contribution in [1.29, 1.82) is 0 Å². The Morgan fingerprint density at radius 1 is 0.867 bits per heavy atom. The number of ether oxygens (including phenoxy) is 3. The molecule has 0 saturated carbocycles. The highest BCUT2D eigenvalue weighted by Gasteiger charge is 2.41. The van der Waals surface area contributed by atoms with Crippen LogP contribution in [0.15, 0.2) is 65.8 Å². The minimum Gasteiger partial charge on any atom is -0.464 e. The van der Waals surface area contributed by atoms with Gasteiger partial charge in [0.15, 0.2) is 11.5 Å². The molecule has 0 bridgehead atoms. The van der Waals surface area contributed by atoms with Crippen molar-refractivity contribution in [3.8, 4) is 17.2 Å². The van der Waals surface area contributed by atoms with Crippen LogP contribution in [0.5, 0.6) is 17.2 Å². The number of hydrogen-bond donors (Lipinski definition) is 0. The Bertz CT molecular complexity index is 1200. The molecule has 0 saturated heterocycles. The summed E-state index contributed by atoms with van der Waals surface area (Å²) in [7, 11) is 0. The van der Waals surface area contributed by atoms with E-state index in [0.29, 0.717) is 10.0 Å². The van der Waals surface area contributed by atoms with Gasteiger partial charge in [-0.15, -0.1) is 0 Å². The number of halogens is 2. The highest BCUT2D eigenvalue weighted by atomic mass is 35.5. The first-order chi connectivity index (χ1) is 14.7. The van der Waals surface area contributed by atoms with E-state index in [2.05, 4.69) is 6.07 Å². The molecule has 0 N–H and O–H groups in total. The molecule has 3 aromatic rings. The average molecular weight is 439 g/mol. The van der Waals surface area contributed by atoms with E-state index in [1.165, 1.54) is 0 Å². The number of benzene rings is 3. The van der Waals surface area contributed by atoms with Crippen LogP contribution in [0.25, 0.3) is 0 Å². The van der Waals surface area contributed by atoms with Crippen LogP contribution in [0.4, 0.5) is 0 Å². The third-order valence-corrected chi connectivity index (χ3v) is 6.20. The lowest BCUT2D eigenvalue weighted by atomic mass is 9.96. The summed E-state index contributed by atoms with van der Waals surface area (Å²) in [5.74, 6) is 2.35. The summed E-state index contributed by atoms with van der Waals surface area (Å²) in [6.07, 6.45) is 0.308. The molecule has 0 fully saturated rings. The zero-order valence-corrected chi connectivity index (χ0v) is 17.2. The average Bonchev–Trinajstić information content (AvgIpc) is 3.40. The van der Waals surface area contributed by atoms with E-state index in [0.717, 1.165) is 46.1 Å². The molecule has 0 aromatic heterocycles. The zero-order chi connectivity index (χ0) is 20.2. The number of para-hydroxylation sites is 1. The van der Waals surface area contributed by atoms with Gasteiger partial charge in [0.1, 0.15) is 5.75 Å². The maximum atomic E-state index is 6.53. The SMILES string of the molecule is Clc1ccc([C@H]2Oc3ccccc3[C@H]3CC(c4ccc5c(c4)OCO5)=NN32)c(Cl)c1. The van der Waals surface area contributed by atoms with Crippen LogP contribution < -0.4 is 14.2 Å². The molecule has 3 heterocycles. The molecule has 150 valence electrons. The molecule has 30 heavy (non-hydrogen) atoms. The number of hydrazone groups is 1. The first kappa shape index (κ1) is 17.9. The fourth-order valence-corrected chi connectivity index (χ4v) is 4.69. The van der Waals surface area contributed by atoms with Gasteiger partial charge in [-0.1, -0.05) is 47.5 Å². The molecule has 7 heteroatoms. The van der Waals surface area contributed by atoms with Crippen molar-refractivity contribution in [2.24, 2.45) is 5.10 Å². The van der Waals surface area contributed by atoms with Crippen molar-refractivity contribution >= 4 is 28.9 Å². The first-order valence-corrected chi connectivity index (χ1v) is 10.4. The van der Waals surface area contributed by atoms with Gasteiger partial charge in [-0.05, 0) is 36.4 Å². The Hall–Kier alpha value is -2.89. The lowest BCUT2D eigenvalue weighted by Gasteiger charge is -2.38. The summed E-state index contributed by atoms with van der Waals surface area (Å²) in [4.78, 5) is 0. The number of fused-ring (bicyclic) bond motifs is 4. The molecular weight excluding hydrogens is 423 g/mol. The van der Waals surface area contributed by atoms with Crippen LogP contribution in [0.1, 0.15) is 35.4 Å². The van der Waals surface area contributed by atoms with E-state index in [-0.39, 0.29) is 12.8 Å². The van der Waals surface area contributed by atoms with Gasteiger partial charge in [-0.2, -0.15) is 5.10 Å². The van der Waals surface area contributed by atoms with Gasteiger partial charge in [-0.3, -0.25) is 0 Å². The molecule has 6 rings (SSSR count). The Labute approximate surface area is 183 Å². The predicted octanol–water partition coefficient (Wildman–Crippen LogP) is 5.96. The van der Waals surface area contributed by atoms with Crippen LogP contribution in [0.2, 0.25) is 10.0 Å². The van der Waals surface area contributed by atoms with Gasteiger partial charge in [0, 0.05) is 28.1 Å². The van der Waals surface area contributed by atoms with E-state index in [4.69, 9.17) is 42.5 Å². The van der Waals surface area contributed by atoms with Crippen molar-refractivity contribution in [2.75, 3.05) is 6.79 Å². The number of nitrogens with zero attached hydrogens (tertiary/aromatic N) is 2. The Morgan fingerprint density at radius 2 is 1.73 bits per heavy atom. The Balaban J connectivity index is 1.44. The maximum Gasteiger partial charge on any atom is 0.231 e. The lowest BCUT2D eigenvalue weighted by Crippen LogP contribution is -2.33. The fourth-order valence-electron chi connectivity index (χ4n) is 4.19. The molecule has 0 spiro atoms. The molecule has 0 radical (unpaired) electrons. The standard InChI is InChI=1S/C23H16Cl2N2O3/c24-14-6-7-15(17(25)10-14)23-27-19(16-3-1-2-4-20(16)30-23)11-18(26-27)13-5-8-21-22(9-13)29-12-28-21/h1-10,19,23H,11-12H2/t19-,23-/m1/s1. The van der Waals surface area contributed by atoms with Crippen molar-refractivity contribution < 1.29 is 14.2 Å². The second kappa shape index (κ2) is 6.83. The zero-order valence-electron chi connectivity index (χ0n) is 15.7. The van der Waals surface area contributed by atoms with Gasteiger partial charge in [0.05, 0.1) is 16.8 Å². The summed E-state index contributed by atoms with van der Waals surface area (Å²) in [5, 5.41) is 8.10. The summed E-state index contributed by atoms with van der Waals surface area (Å²) in [5.41, 5.74) is 3.91. The largest absolute Gasteiger partial charge is 0.464 e. The summed E-state index contributed by atoms with van der Waals surface area (Å²) in [6, 6.07) is 19.5. The molecule has 5 nitrogen and oxygen atoms in total. The number of hydrogen-bond acceptors (Lipinski definition) is 5. The predicted molar refractivity (Wildman–Crippen MR) is 115 cm³/mol. The van der Waals surface area contributed by atoms with Gasteiger partial charge in [0.25, 0.3) is 0 Å². The van der Waals surface area contributed by atoms with E-state index in [1.54, 1.807) is 6.07 Å². The van der Waals surface area contributed by atoms with Crippen LogP contribution in [0.3, 0.4) is 0 Å². The second-order valence-electron chi connectivity index (χ2n) is 7.39. The van der Waals surface area contributed by atoms with Crippen molar-refractivity contribution in [3.05, 3.63) is 87.4 Å². The van der Waals surface area contributed by atoms with Crippen molar-refractivity contribution in [2.45, 2.75) is 18.7 Å². The third kappa shape index (κ3) is 2.81. The van der Waals surface area contributed by atoms with Crippen LogP contribution in [-0.4, -0.2) is 17.5 Å². The molecule has 3 aliphatic heterocycles. The van der Waals surface area contributed by atoms with Crippen molar-refractivity contribution in [1.82, 2.24) is 5.01 Å². The smallest absolute Gasteiger partial charge is 0.231 e.